The summed E-state index contributed by atoms with van der Waals surface area (Å²) >= 11 is 10.4. The molecule has 0 aromatic heterocycles. The van der Waals surface area contributed by atoms with Crippen LogP contribution in [0.25, 0.3) is 0 Å². The fourth-order valence-electron chi connectivity index (χ4n) is 0.143. The van der Waals surface area contributed by atoms with E-state index in [2.05, 4.69) is 5.18 Å². The summed E-state index contributed by atoms with van der Waals surface area (Å²) in [7, 11) is 0. The van der Waals surface area contributed by atoms with Crippen LogP contribution < -0.4 is 0 Å². The Morgan fingerprint density at radius 1 is 1.71 bits per heavy atom. The van der Waals surface area contributed by atoms with E-state index in [1.165, 1.54) is 0 Å². The van der Waals surface area contributed by atoms with Gasteiger partial charge in [-0.2, -0.15) is 0 Å². The van der Waals surface area contributed by atoms with Crippen molar-refractivity contribution in [2.24, 2.45) is 5.18 Å². The van der Waals surface area contributed by atoms with E-state index in [1.54, 1.807) is 0 Å². The molecule has 0 saturated heterocycles. The van der Waals surface area contributed by atoms with Crippen LogP contribution in [0.4, 0.5) is 0 Å². The highest BCUT2D eigenvalue weighted by molar-refractivity contribution is 6.22. The summed E-state index contributed by atoms with van der Waals surface area (Å²) in [5.41, 5.74) is -0.641. The third-order valence-corrected chi connectivity index (χ3v) is 0.978. The van der Waals surface area contributed by atoms with Gasteiger partial charge < -0.3 is 0 Å². The smallest absolute Gasteiger partial charge is 0.149 e. The number of hydrogen-bond acceptors (Lipinski definition) is 2. The molecule has 0 spiro atoms. The van der Waals surface area contributed by atoms with Crippen LogP contribution in [0.5, 0.6) is 0 Å². The Kier molecular flexibility index (Phi) is 4.45. The van der Waals surface area contributed by atoms with E-state index in [9.17, 15) is 4.91 Å². The Morgan fingerprint density at radius 3 is 2.43 bits per heavy atom. The number of nitroso groups, excluding NO2 is 1. The lowest BCUT2D eigenvalue weighted by Gasteiger charge is -1.89. The predicted octanol–water partition coefficient (Wildman–Crippen LogP) is 1.95. The summed E-state index contributed by atoms with van der Waals surface area (Å²) in [6.45, 7) is 0. The normalized spacial score (nSPS) is 13.4. The molecular weight excluding hydrogens is 137 g/mol. The van der Waals surface area contributed by atoms with Gasteiger partial charge in [0.2, 0.25) is 0 Å². The van der Waals surface area contributed by atoms with Crippen molar-refractivity contribution in [3.63, 3.8) is 0 Å². The summed E-state index contributed by atoms with van der Waals surface area (Å²) in [4.78, 5) is 9.45. The zero-order valence-corrected chi connectivity index (χ0v) is 5.11. The standard InChI is InChI=1S/C3H5Cl2NO/c4-2-1-3(5)6-7/h3H,1-2H2. The van der Waals surface area contributed by atoms with Crippen molar-refractivity contribution < 1.29 is 0 Å². The van der Waals surface area contributed by atoms with Gasteiger partial charge in [-0.1, -0.05) is 16.8 Å². The Labute approximate surface area is 51.8 Å². The van der Waals surface area contributed by atoms with Gasteiger partial charge in [0.15, 0.2) is 5.50 Å². The van der Waals surface area contributed by atoms with E-state index < -0.39 is 5.50 Å². The quantitative estimate of drug-likeness (QED) is 0.336. The molecule has 0 aliphatic rings. The highest BCUT2D eigenvalue weighted by atomic mass is 35.5. The molecule has 0 aromatic carbocycles. The topological polar surface area (TPSA) is 29.4 Å². The van der Waals surface area contributed by atoms with Gasteiger partial charge in [0, 0.05) is 12.3 Å². The van der Waals surface area contributed by atoms with Gasteiger partial charge in [0.1, 0.15) is 0 Å². The lowest BCUT2D eigenvalue weighted by molar-refractivity contribution is 0.857. The molecule has 0 fully saturated rings. The van der Waals surface area contributed by atoms with Gasteiger partial charge >= 0.3 is 0 Å². The molecule has 2 nitrogen and oxygen atoms in total. The van der Waals surface area contributed by atoms with Crippen LogP contribution in [-0.4, -0.2) is 11.4 Å². The molecule has 0 aliphatic carbocycles. The second-order valence-corrected chi connectivity index (χ2v) is 1.90. The number of nitrogens with zero attached hydrogens (tertiary/aromatic N) is 1. The summed E-state index contributed by atoms with van der Waals surface area (Å²) < 4.78 is 0. The minimum atomic E-state index is -0.641. The molecule has 0 saturated carbocycles. The molecule has 0 N–H and O–H groups in total. The zero-order valence-electron chi connectivity index (χ0n) is 3.60. The minimum absolute atomic E-state index is 0.389. The lowest BCUT2D eigenvalue weighted by atomic mass is 10.5. The third kappa shape index (κ3) is 4.02. The van der Waals surface area contributed by atoms with Gasteiger partial charge in [0.05, 0.1) is 0 Å². The van der Waals surface area contributed by atoms with E-state index in [0.29, 0.717) is 12.3 Å². The maximum Gasteiger partial charge on any atom is 0.166 e. The van der Waals surface area contributed by atoms with E-state index in [1.807, 2.05) is 0 Å². The van der Waals surface area contributed by atoms with Gasteiger partial charge in [-0.05, 0) is 0 Å². The first-order valence-corrected chi connectivity index (χ1v) is 2.81. The minimum Gasteiger partial charge on any atom is -0.149 e. The Balaban J connectivity index is 2.98. The van der Waals surface area contributed by atoms with Crippen molar-refractivity contribution in [1.29, 1.82) is 0 Å². The van der Waals surface area contributed by atoms with Gasteiger partial charge in [-0.3, -0.25) is 0 Å². The van der Waals surface area contributed by atoms with Gasteiger partial charge in [-0.15, -0.1) is 16.5 Å². The van der Waals surface area contributed by atoms with E-state index in [-0.39, 0.29) is 0 Å². The fourth-order valence-corrected chi connectivity index (χ4v) is 0.570. The molecule has 7 heavy (non-hydrogen) atoms. The van der Waals surface area contributed by atoms with E-state index in [4.69, 9.17) is 23.2 Å². The van der Waals surface area contributed by atoms with Crippen LogP contribution in [0.3, 0.4) is 0 Å². The molecule has 0 aromatic rings. The molecule has 0 aliphatic heterocycles. The molecule has 0 bridgehead atoms. The molecule has 4 heteroatoms. The summed E-state index contributed by atoms with van der Waals surface area (Å²) in [5, 5.41) is 2.51. The first-order valence-electron chi connectivity index (χ1n) is 1.83. The molecule has 0 heterocycles. The average molecular weight is 142 g/mol. The summed E-state index contributed by atoms with van der Waals surface area (Å²) in [6.07, 6.45) is 0.451. The van der Waals surface area contributed by atoms with E-state index in [0.717, 1.165) is 0 Å². The third-order valence-electron chi connectivity index (χ3n) is 0.462. The van der Waals surface area contributed by atoms with Crippen LogP contribution in [0, 0.1) is 4.91 Å². The maximum atomic E-state index is 9.45. The van der Waals surface area contributed by atoms with Crippen molar-refractivity contribution in [1.82, 2.24) is 0 Å². The largest absolute Gasteiger partial charge is 0.166 e. The molecule has 1 atom stereocenters. The van der Waals surface area contributed by atoms with Crippen LogP contribution >= 0.6 is 23.2 Å². The molecule has 0 rings (SSSR count). The first kappa shape index (κ1) is 7.18. The van der Waals surface area contributed by atoms with Crippen LogP contribution in [0.1, 0.15) is 6.42 Å². The first-order chi connectivity index (χ1) is 3.31. The number of alkyl halides is 2. The zero-order chi connectivity index (χ0) is 5.70. The van der Waals surface area contributed by atoms with E-state index >= 15 is 0 Å². The molecule has 1 unspecified atom stereocenters. The van der Waals surface area contributed by atoms with Crippen molar-refractivity contribution in [3.8, 4) is 0 Å². The van der Waals surface area contributed by atoms with Crippen molar-refractivity contribution in [3.05, 3.63) is 4.91 Å². The Morgan fingerprint density at radius 2 is 2.29 bits per heavy atom. The summed E-state index contributed by atoms with van der Waals surface area (Å²) in [5.74, 6) is 0.389. The second kappa shape index (κ2) is 4.34. The number of halogens is 2. The SMILES string of the molecule is O=NC(Cl)CCCl. The highest BCUT2D eigenvalue weighted by Gasteiger charge is 1.98. The average Bonchev–Trinajstić information content (AvgIpc) is 1.68. The Hall–Kier alpha value is 0.180. The maximum absolute atomic E-state index is 9.45. The van der Waals surface area contributed by atoms with Crippen LogP contribution in [-0.2, 0) is 0 Å². The summed E-state index contributed by atoms with van der Waals surface area (Å²) in [6, 6.07) is 0. The van der Waals surface area contributed by atoms with Crippen LogP contribution in [0.2, 0.25) is 0 Å². The number of hydrogen-bond donors (Lipinski definition) is 0. The van der Waals surface area contributed by atoms with Crippen molar-refractivity contribution in [2.75, 3.05) is 5.88 Å². The molecule has 0 radical (unpaired) electrons. The van der Waals surface area contributed by atoms with Crippen LogP contribution in [0.15, 0.2) is 5.18 Å². The monoisotopic (exact) mass is 141 g/mol. The lowest BCUT2D eigenvalue weighted by Crippen LogP contribution is -1.91. The fraction of sp³-hybridized carbons (Fsp3) is 1.00. The van der Waals surface area contributed by atoms with Gasteiger partial charge in [0.25, 0.3) is 0 Å². The van der Waals surface area contributed by atoms with Crippen molar-refractivity contribution >= 4 is 23.2 Å². The molecule has 42 valence electrons. The molecular formula is C3H5Cl2NO. The Bertz CT molecular complexity index is 58.9. The number of rotatable bonds is 3. The van der Waals surface area contributed by atoms with Crippen molar-refractivity contribution in [2.45, 2.75) is 11.9 Å². The highest BCUT2D eigenvalue weighted by Crippen LogP contribution is 2.02. The predicted molar refractivity (Wildman–Crippen MR) is 30.8 cm³/mol. The van der Waals surface area contributed by atoms with Gasteiger partial charge in [-0.25, -0.2) is 0 Å². The second-order valence-electron chi connectivity index (χ2n) is 1.02. The molecule has 0 amide bonds.